The molecule has 0 radical (unpaired) electrons. The van der Waals surface area contributed by atoms with Crippen LogP contribution >= 0.6 is 15.9 Å². The molecule has 26 heavy (non-hydrogen) atoms. The number of amides is 1. The third kappa shape index (κ3) is 3.94. The highest BCUT2D eigenvalue weighted by molar-refractivity contribution is 9.10. The van der Waals surface area contributed by atoms with Crippen LogP contribution < -0.4 is 10.1 Å². The molecule has 1 amide bonds. The summed E-state index contributed by atoms with van der Waals surface area (Å²) in [4.78, 5) is 15.3. The van der Waals surface area contributed by atoms with E-state index in [9.17, 15) is 4.79 Å². The minimum atomic E-state index is -0.0222. The maximum absolute atomic E-state index is 12.8. The van der Waals surface area contributed by atoms with Gasteiger partial charge >= 0.3 is 0 Å². The van der Waals surface area contributed by atoms with Gasteiger partial charge in [-0.05, 0) is 61.8 Å². The van der Waals surface area contributed by atoms with Gasteiger partial charge in [0, 0.05) is 28.6 Å². The molecular formula is C21H23BrN2O2. The van der Waals surface area contributed by atoms with Crippen molar-refractivity contribution < 1.29 is 9.53 Å². The first-order valence-corrected chi connectivity index (χ1v) is 10.0. The number of likely N-dealkylation sites (tertiary alicyclic amines) is 1. The fourth-order valence-corrected chi connectivity index (χ4v) is 4.15. The molecule has 5 heteroatoms. The van der Waals surface area contributed by atoms with Crippen molar-refractivity contribution in [2.45, 2.75) is 31.8 Å². The van der Waals surface area contributed by atoms with E-state index in [2.05, 4.69) is 32.2 Å². The zero-order valence-electron chi connectivity index (χ0n) is 14.7. The summed E-state index contributed by atoms with van der Waals surface area (Å²) in [6.45, 7) is 3.86. The normalized spacial score (nSPS) is 19.7. The Morgan fingerprint density at radius 2 is 2.04 bits per heavy atom. The number of carbonyl (C=O) groups is 1. The van der Waals surface area contributed by atoms with Gasteiger partial charge in [0.1, 0.15) is 5.75 Å². The number of fused-ring (bicyclic) bond motifs is 1. The van der Waals surface area contributed by atoms with E-state index in [1.807, 2.05) is 36.4 Å². The second-order valence-electron chi connectivity index (χ2n) is 7.03. The molecule has 0 aliphatic carbocycles. The number of nitrogens with zero attached hydrogens (tertiary/aromatic N) is 1. The standard InChI is InChI=1S/C21H23BrN2O2/c22-17-6-7-20-18(13-17)19(8-11-26-20)23-21(25)16-5-3-4-15(12-16)14-24-9-1-2-10-24/h3-7,12-13,19H,1-2,8-11,14H2,(H,23,25)/t19-/m0/s1. The van der Waals surface area contributed by atoms with E-state index in [4.69, 9.17) is 4.74 Å². The number of nitrogens with one attached hydrogen (secondary N) is 1. The van der Waals surface area contributed by atoms with Gasteiger partial charge in [0.2, 0.25) is 0 Å². The summed E-state index contributed by atoms with van der Waals surface area (Å²) in [6.07, 6.45) is 3.33. The van der Waals surface area contributed by atoms with E-state index >= 15 is 0 Å². The number of benzene rings is 2. The van der Waals surface area contributed by atoms with Gasteiger partial charge in [-0.3, -0.25) is 9.69 Å². The van der Waals surface area contributed by atoms with Gasteiger partial charge in [0.25, 0.3) is 5.91 Å². The van der Waals surface area contributed by atoms with Gasteiger partial charge in [-0.1, -0.05) is 28.1 Å². The van der Waals surface area contributed by atoms with Gasteiger partial charge in [-0.25, -0.2) is 0 Å². The van der Waals surface area contributed by atoms with Crippen LogP contribution in [-0.2, 0) is 6.54 Å². The zero-order valence-corrected chi connectivity index (χ0v) is 16.3. The Morgan fingerprint density at radius 1 is 1.19 bits per heavy atom. The highest BCUT2D eigenvalue weighted by Gasteiger charge is 2.24. The van der Waals surface area contributed by atoms with Gasteiger partial charge in [0.15, 0.2) is 0 Å². The summed E-state index contributed by atoms with van der Waals surface area (Å²) in [5.41, 5.74) is 2.96. The van der Waals surface area contributed by atoms with Crippen molar-refractivity contribution in [3.63, 3.8) is 0 Å². The van der Waals surface area contributed by atoms with Gasteiger partial charge in [-0.2, -0.15) is 0 Å². The summed E-state index contributed by atoms with van der Waals surface area (Å²) in [7, 11) is 0. The molecule has 2 aromatic carbocycles. The van der Waals surface area contributed by atoms with Gasteiger partial charge in [0.05, 0.1) is 12.6 Å². The first-order chi connectivity index (χ1) is 12.7. The number of rotatable bonds is 4. The van der Waals surface area contributed by atoms with E-state index in [1.54, 1.807) is 0 Å². The Labute approximate surface area is 162 Å². The lowest BCUT2D eigenvalue weighted by Crippen LogP contribution is -2.32. The van der Waals surface area contributed by atoms with Crippen molar-refractivity contribution in [2.24, 2.45) is 0 Å². The summed E-state index contributed by atoms with van der Waals surface area (Å²) >= 11 is 3.51. The highest BCUT2D eigenvalue weighted by Crippen LogP contribution is 2.34. The van der Waals surface area contributed by atoms with Crippen LogP contribution in [0.25, 0.3) is 0 Å². The van der Waals surface area contributed by atoms with Crippen molar-refractivity contribution >= 4 is 21.8 Å². The molecule has 0 spiro atoms. The Hall–Kier alpha value is -1.85. The van der Waals surface area contributed by atoms with E-state index in [1.165, 1.54) is 18.4 Å². The van der Waals surface area contributed by atoms with Crippen LogP contribution in [0, 0.1) is 0 Å². The maximum Gasteiger partial charge on any atom is 0.251 e. The zero-order chi connectivity index (χ0) is 17.9. The minimum Gasteiger partial charge on any atom is -0.493 e. The fraction of sp³-hybridized carbons (Fsp3) is 0.381. The molecule has 4 rings (SSSR count). The van der Waals surface area contributed by atoms with Gasteiger partial charge in [-0.15, -0.1) is 0 Å². The van der Waals surface area contributed by atoms with E-state index in [0.717, 1.165) is 47.4 Å². The number of carbonyl (C=O) groups excluding carboxylic acids is 1. The lowest BCUT2D eigenvalue weighted by atomic mass is 10.00. The average Bonchev–Trinajstić information content (AvgIpc) is 3.15. The molecule has 4 nitrogen and oxygen atoms in total. The summed E-state index contributed by atoms with van der Waals surface area (Å²) in [6, 6.07) is 13.9. The lowest BCUT2D eigenvalue weighted by Gasteiger charge is -2.27. The van der Waals surface area contributed by atoms with Crippen molar-refractivity contribution in [3.8, 4) is 5.75 Å². The number of halogens is 1. The molecule has 2 aromatic rings. The molecule has 1 atom stereocenters. The molecule has 2 aliphatic heterocycles. The van der Waals surface area contributed by atoms with Crippen LogP contribution in [0.3, 0.4) is 0 Å². The van der Waals surface area contributed by atoms with E-state index in [0.29, 0.717) is 6.61 Å². The maximum atomic E-state index is 12.8. The largest absolute Gasteiger partial charge is 0.493 e. The molecule has 0 bridgehead atoms. The second-order valence-corrected chi connectivity index (χ2v) is 7.94. The van der Waals surface area contributed by atoms with Crippen molar-refractivity contribution in [1.29, 1.82) is 0 Å². The third-order valence-corrected chi connectivity index (χ3v) is 5.60. The first kappa shape index (κ1) is 17.6. The molecule has 136 valence electrons. The quantitative estimate of drug-likeness (QED) is 0.810. The Kier molecular flexibility index (Phi) is 5.27. The molecule has 0 unspecified atom stereocenters. The number of hydrogen-bond donors (Lipinski definition) is 1. The summed E-state index contributed by atoms with van der Waals surface area (Å²) in [5.74, 6) is 0.832. The topological polar surface area (TPSA) is 41.6 Å². The Morgan fingerprint density at radius 3 is 2.88 bits per heavy atom. The van der Waals surface area contributed by atoms with E-state index in [-0.39, 0.29) is 11.9 Å². The van der Waals surface area contributed by atoms with Crippen LogP contribution in [0.5, 0.6) is 5.75 Å². The van der Waals surface area contributed by atoms with E-state index < -0.39 is 0 Å². The summed E-state index contributed by atoms with van der Waals surface area (Å²) in [5, 5.41) is 3.19. The van der Waals surface area contributed by atoms with Gasteiger partial charge < -0.3 is 10.1 Å². The molecular weight excluding hydrogens is 392 g/mol. The van der Waals surface area contributed by atoms with Crippen molar-refractivity contribution in [1.82, 2.24) is 10.2 Å². The van der Waals surface area contributed by atoms with Crippen molar-refractivity contribution in [2.75, 3.05) is 19.7 Å². The first-order valence-electron chi connectivity index (χ1n) is 9.23. The molecule has 1 saturated heterocycles. The molecule has 1 fully saturated rings. The fourth-order valence-electron chi connectivity index (χ4n) is 3.77. The van der Waals surface area contributed by atoms with Crippen LogP contribution in [0.15, 0.2) is 46.9 Å². The van der Waals surface area contributed by atoms with Crippen LogP contribution in [0.4, 0.5) is 0 Å². The average molecular weight is 415 g/mol. The number of hydrogen-bond acceptors (Lipinski definition) is 3. The minimum absolute atomic E-state index is 0.0221. The monoisotopic (exact) mass is 414 g/mol. The molecule has 2 aliphatic rings. The molecule has 0 aromatic heterocycles. The third-order valence-electron chi connectivity index (χ3n) is 5.11. The highest BCUT2D eigenvalue weighted by atomic mass is 79.9. The lowest BCUT2D eigenvalue weighted by molar-refractivity contribution is 0.0924. The van der Waals surface area contributed by atoms with Crippen molar-refractivity contribution in [3.05, 3.63) is 63.6 Å². The predicted molar refractivity (Wildman–Crippen MR) is 105 cm³/mol. The SMILES string of the molecule is O=C(N[C@H]1CCOc2ccc(Br)cc21)c1cccc(CN2CCCC2)c1. The molecule has 2 heterocycles. The number of ether oxygens (including phenoxy) is 1. The Bertz CT molecular complexity index is 802. The van der Waals surface area contributed by atoms with Crippen LogP contribution in [-0.4, -0.2) is 30.5 Å². The second kappa shape index (κ2) is 7.80. The van der Waals surface area contributed by atoms with Crippen LogP contribution in [0.1, 0.15) is 46.8 Å². The Balaban J connectivity index is 1.48. The van der Waals surface area contributed by atoms with Crippen LogP contribution in [0.2, 0.25) is 0 Å². The predicted octanol–water partition coefficient (Wildman–Crippen LogP) is 4.30. The summed E-state index contributed by atoms with van der Waals surface area (Å²) < 4.78 is 6.71. The molecule has 0 saturated carbocycles. The smallest absolute Gasteiger partial charge is 0.251 e. The molecule has 1 N–H and O–H groups in total.